The first-order chi connectivity index (χ1) is 20.2. The van der Waals surface area contributed by atoms with E-state index < -0.39 is 12.4 Å². The van der Waals surface area contributed by atoms with Crippen LogP contribution in [0.15, 0.2) is 78.0 Å². The molecule has 2 heterocycles. The van der Waals surface area contributed by atoms with Crippen molar-refractivity contribution in [3.05, 3.63) is 89.7 Å². The van der Waals surface area contributed by atoms with Crippen LogP contribution in [0.3, 0.4) is 0 Å². The number of aryl methyl sites for hydroxylation is 2. The van der Waals surface area contributed by atoms with Crippen LogP contribution in [-0.4, -0.2) is 44.6 Å². The van der Waals surface area contributed by atoms with Crippen molar-refractivity contribution in [1.29, 1.82) is 0 Å². The summed E-state index contributed by atoms with van der Waals surface area (Å²) < 4.78 is 42.5. The van der Waals surface area contributed by atoms with Crippen molar-refractivity contribution in [3.63, 3.8) is 0 Å². The van der Waals surface area contributed by atoms with Gasteiger partial charge in [-0.25, -0.2) is 14.5 Å². The molecule has 0 saturated carbocycles. The normalized spacial score (nSPS) is 14.4. The molecular weight excluding hydrogens is 565 g/mol. The zero-order chi connectivity index (χ0) is 29.7. The number of halogens is 3. The molecular formula is C30H29F3N6O2S. The van der Waals surface area contributed by atoms with Crippen LogP contribution in [-0.2, 0) is 13.0 Å². The molecule has 1 aliphatic rings. The van der Waals surface area contributed by atoms with Crippen LogP contribution in [0, 0.1) is 6.92 Å². The average molecular weight is 595 g/mol. The van der Waals surface area contributed by atoms with Crippen molar-refractivity contribution >= 4 is 28.6 Å². The highest BCUT2D eigenvalue weighted by Gasteiger charge is 2.31. The molecule has 12 heteroatoms. The van der Waals surface area contributed by atoms with Gasteiger partial charge in [0.1, 0.15) is 12.1 Å². The van der Waals surface area contributed by atoms with Gasteiger partial charge in [0.05, 0.1) is 5.69 Å². The number of anilines is 1. The van der Waals surface area contributed by atoms with Gasteiger partial charge < -0.3 is 15.0 Å². The smallest absolute Gasteiger partial charge is 0.406 e. The molecule has 0 radical (unpaired) electrons. The second-order valence-electron chi connectivity index (χ2n) is 9.69. The van der Waals surface area contributed by atoms with Crippen molar-refractivity contribution < 1.29 is 22.7 Å². The van der Waals surface area contributed by atoms with Gasteiger partial charge >= 0.3 is 12.4 Å². The van der Waals surface area contributed by atoms with Crippen LogP contribution in [0.25, 0.3) is 17.1 Å². The van der Waals surface area contributed by atoms with E-state index in [2.05, 4.69) is 62.1 Å². The third-order valence-electron chi connectivity index (χ3n) is 6.51. The van der Waals surface area contributed by atoms with E-state index in [0.717, 1.165) is 42.0 Å². The maximum absolute atomic E-state index is 12.7. The number of alkyl halides is 3. The van der Waals surface area contributed by atoms with E-state index in [0.29, 0.717) is 23.2 Å². The summed E-state index contributed by atoms with van der Waals surface area (Å²) in [5.74, 6) is 1.01. The minimum Gasteiger partial charge on any atom is -0.406 e. The van der Waals surface area contributed by atoms with Crippen LogP contribution in [0.4, 0.5) is 23.7 Å². The number of amidine groups is 1. The Morgan fingerprint density at radius 2 is 1.86 bits per heavy atom. The van der Waals surface area contributed by atoms with E-state index in [-0.39, 0.29) is 5.75 Å². The topological polar surface area (TPSA) is 84.6 Å². The lowest BCUT2D eigenvalue weighted by atomic mass is 10.0. The molecule has 1 aliphatic heterocycles. The Balaban J connectivity index is 1.19. The summed E-state index contributed by atoms with van der Waals surface area (Å²) in [6.45, 7) is 5.33. The monoisotopic (exact) mass is 594 g/mol. The minimum absolute atomic E-state index is 0.306. The molecule has 0 spiro atoms. The quantitative estimate of drug-likeness (QED) is 0.239. The maximum Gasteiger partial charge on any atom is 0.573 e. The van der Waals surface area contributed by atoms with E-state index in [1.807, 2.05) is 24.3 Å². The van der Waals surface area contributed by atoms with E-state index in [1.54, 1.807) is 11.8 Å². The van der Waals surface area contributed by atoms with Crippen LogP contribution in [0.1, 0.15) is 30.0 Å². The Bertz CT molecular complexity index is 1570. The highest BCUT2D eigenvalue weighted by Crippen LogP contribution is 2.30. The number of carbonyl (C=O) groups excluding carboxylic acids is 1. The van der Waals surface area contributed by atoms with E-state index in [1.165, 1.54) is 46.4 Å². The zero-order valence-electron chi connectivity index (χ0n) is 23.1. The number of nitrogens with zero attached hydrogens (tertiary/aromatic N) is 5. The summed E-state index contributed by atoms with van der Waals surface area (Å²) in [4.78, 5) is 23.5. The molecule has 0 unspecified atom stereocenters. The largest absolute Gasteiger partial charge is 0.573 e. The first-order valence-electron chi connectivity index (χ1n) is 13.4. The lowest BCUT2D eigenvalue weighted by Gasteiger charge is -2.22. The maximum atomic E-state index is 12.7. The predicted octanol–water partition coefficient (Wildman–Crippen LogP) is 6.91. The fraction of sp³-hybridized carbons (Fsp3) is 0.267. The minimum atomic E-state index is -4.75. The van der Waals surface area contributed by atoms with Gasteiger partial charge in [0.2, 0.25) is 0 Å². The number of thioether (sulfide) groups is 1. The standard InChI is InChI=1S/C30H29F3N6O2S/c1-3-4-22-8-5-20(2)17-26(22)38-15-16-42-29(38)36-28(40)34-18-21-6-9-23(10-7-21)27-35-19-39(37-27)24-11-13-25(14-12-24)41-30(31,32)33/h5-14,17,19H,3-4,15-16,18H2,1-2H3,(H,34,40)/b36-29-. The first-order valence-corrected chi connectivity index (χ1v) is 14.4. The molecule has 218 valence electrons. The number of carbonyl (C=O) groups is 1. The first kappa shape index (κ1) is 29.2. The molecule has 1 aromatic heterocycles. The van der Waals surface area contributed by atoms with E-state index in [4.69, 9.17) is 0 Å². The summed E-state index contributed by atoms with van der Waals surface area (Å²) in [6.07, 6.45) is -1.26. The van der Waals surface area contributed by atoms with Crippen LogP contribution >= 0.6 is 11.8 Å². The Morgan fingerprint density at radius 1 is 1.10 bits per heavy atom. The van der Waals surface area contributed by atoms with Gasteiger partial charge in [-0.1, -0.05) is 61.5 Å². The lowest BCUT2D eigenvalue weighted by molar-refractivity contribution is -0.274. The molecule has 4 aromatic rings. The van der Waals surface area contributed by atoms with Crippen molar-refractivity contribution in [2.24, 2.45) is 4.99 Å². The number of hydrogen-bond donors (Lipinski definition) is 1. The van der Waals surface area contributed by atoms with Crippen LogP contribution < -0.4 is 15.0 Å². The molecule has 1 N–H and O–H groups in total. The molecule has 0 atom stereocenters. The van der Waals surface area contributed by atoms with E-state index in [9.17, 15) is 18.0 Å². The highest BCUT2D eigenvalue weighted by atomic mass is 32.2. The summed E-state index contributed by atoms with van der Waals surface area (Å²) in [7, 11) is 0. The van der Waals surface area contributed by atoms with Crippen molar-refractivity contribution in [2.45, 2.75) is 39.6 Å². The highest BCUT2D eigenvalue weighted by molar-refractivity contribution is 8.14. The summed E-state index contributed by atoms with van der Waals surface area (Å²) in [6, 6.07) is 18.8. The summed E-state index contributed by atoms with van der Waals surface area (Å²) >= 11 is 1.58. The van der Waals surface area contributed by atoms with Crippen molar-refractivity contribution in [3.8, 4) is 22.8 Å². The summed E-state index contributed by atoms with van der Waals surface area (Å²) in [5.41, 5.74) is 5.71. The third-order valence-corrected chi connectivity index (χ3v) is 7.46. The number of amides is 2. The van der Waals surface area contributed by atoms with E-state index >= 15 is 0 Å². The second-order valence-corrected chi connectivity index (χ2v) is 10.7. The van der Waals surface area contributed by atoms with Crippen molar-refractivity contribution in [2.75, 3.05) is 17.2 Å². The van der Waals surface area contributed by atoms with Crippen LogP contribution in [0.2, 0.25) is 0 Å². The Hall–Kier alpha value is -4.32. The number of aromatic nitrogens is 3. The molecule has 1 fully saturated rings. The van der Waals surface area contributed by atoms with Gasteiger partial charge in [-0.2, -0.15) is 4.99 Å². The van der Waals surface area contributed by atoms with Crippen molar-refractivity contribution in [1.82, 2.24) is 20.1 Å². The number of nitrogens with one attached hydrogen (secondary N) is 1. The predicted molar refractivity (Wildman–Crippen MR) is 158 cm³/mol. The molecule has 1 saturated heterocycles. The molecule has 3 aromatic carbocycles. The zero-order valence-corrected chi connectivity index (χ0v) is 23.9. The number of rotatable bonds is 8. The Kier molecular flexibility index (Phi) is 8.81. The number of aliphatic imine (C=N–C) groups is 1. The fourth-order valence-corrected chi connectivity index (χ4v) is 5.47. The number of ether oxygens (including phenoxy) is 1. The van der Waals surface area contributed by atoms with Gasteiger partial charge in [0, 0.05) is 30.1 Å². The molecule has 0 bridgehead atoms. The Labute approximate surface area is 245 Å². The average Bonchev–Trinajstić information content (AvgIpc) is 3.63. The number of hydrogen-bond acceptors (Lipinski definition) is 5. The molecule has 2 amide bonds. The van der Waals surface area contributed by atoms with Crippen LogP contribution in [0.5, 0.6) is 5.75 Å². The van der Waals surface area contributed by atoms with Gasteiger partial charge in [0.25, 0.3) is 0 Å². The van der Waals surface area contributed by atoms with Gasteiger partial charge in [-0.05, 0) is 60.4 Å². The van der Waals surface area contributed by atoms with Gasteiger partial charge in [-0.15, -0.1) is 18.3 Å². The SMILES string of the molecule is CCCc1ccc(C)cc1N1CCS/C1=N\C(=O)NCc1ccc(-c2ncn(-c3ccc(OC(F)(F)F)cc3)n2)cc1. The second kappa shape index (κ2) is 12.7. The molecule has 42 heavy (non-hydrogen) atoms. The lowest BCUT2D eigenvalue weighted by Crippen LogP contribution is -2.28. The summed E-state index contributed by atoms with van der Waals surface area (Å²) in [5, 5.41) is 7.99. The van der Waals surface area contributed by atoms with Gasteiger partial charge in [0.15, 0.2) is 11.0 Å². The third kappa shape index (κ3) is 7.30. The molecule has 5 rings (SSSR count). The van der Waals surface area contributed by atoms with Gasteiger partial charge in [-0.3, -0.25) is 0 Å². The molecule has 0 aliphatic carbocycles. The number of benzene rings is 3. The Morgan fingerprint density at radius 3 is 2.57 bits per heavy atom. The fourth-order valence-electron chi connectivity index (χ4n) is 4.52. The number of urea groups is 1. The molecule has 8 nitrogen and oxygen atoms in total.